The molecule has 4 aliphatic carbocycles. The average Bonchev–Trinajstić information content (AvgIpc) is 3.11. The summed E-state index contributed by atoms with van der Waals surface area (Å²) in [5.74, 6) is 5.62. The zero-order valence-electron chi connectivity index (χ0n) is 22.4. The molecule has 1 nitrogen and oxygen atoms in total. The molecule has 184 valence electrons. The molecule has 3 saturated carbocycles. The summed E-state index contributed by atoms with van der Waals surface area (Å²) >= 11 is 0. The Bertz CT molecular complexity index is 649. The Morgan fingerprint density at radius 2 is 1.78 bits per heavy atom. The van der Waals surface area contributed by atoms with Crippen molar-refractivity contribution in [2.45, 2.75) is 131 Å². The number of hydrogen-bond acceptors (Lipinski definition) is 1. The summed E-state index contributed by atoms with van der Waals surface area (Å²) in [7, 11) is 0. The maximum Gasteiger partial charge on any atom is 0.0612 e. The van der Waals surface area contributed by atoms with E-state index in [0.717, 1.165) is 42.1 Å². The van der Waals surface area contributed by atoms with Crippen molar-refractivity contribution in [1.82, 2.24) is 0 Å². The van der Waals surface area contributed by atoms with Crippen molar-refractivity contribution >= 4 is 0 Å². The van der Waals surface area contributed by atoms with Crippen LogP contribution in [0.2, 0.25) is 0 Å². The third-order valence-corrected chi connectivity index (χ3v) is 11.1. The fourth-order valence-electron chi connectivity index (χ4n) is 9.19. The van der Waals surface area contributed by atoms with Gasteiger partial charge in [0.1, 0.15) is 0 Å². The molecule has 32 heavy (non-hydrogen) atoms. The van der Waals surface area contributed by atoms with Crippen molar-refractivity contribution < 1.29 is 4.74 Å². The highest BCUT2D eigenvalue weighted by molar-refractivity contribution is 5.25. The highest BCUT2D eigenvalue weighted by Gasteiger charge is 2.59. The summed E-state index contributed by atoms with van der Waals surface area (Å²) in [5, 5.41) is 0. The van der Waals surface area contributed by atoms with Crippen LogP contribution in [0.25, 0.3) is 0 Å². The molecule has 0 aromatic rings. The van der Waals surface area contributed by atoms with Crippen LogP contribution in [-0.2, 0) is 4.74 Å². The smallest absolute Gasteiger partial charge is 0.0612 e. The van der Waals surface area contributed by atoms with Gasteiger partial charge in [0.2, 0.25) is 0 Å². The van der Waals surface area contributed by atoms with Crippen molar-refractivity contribution in [2.24, 2.45) is 46.3 Å². The Kier molecular flexibility index (Phi) is 7.86. The lowest BCUT2D eigenvalue weighted by Gasteiger charge is -2.58. The van der Waals surface area contributed by atoms with Gasteiger partial charge in [-0.1, -0.05) is 78.9 Å². The van der Waals surface area contributed by atoms with E-state index in [1.165, 1.54) is 83.5 Å². The minimum Gasteiger partial charge on any atom is -0.378 e. The third kappa shape index (κ3) is 4.63. The summed E-state index contributed by atoms with van der Waals surface area (Å²) in [6, 6.07) is 0. The molecule has 0 radical (unpaired) electrons. The fraction of sp³-hybridized carbons (Fsp3) is 0.935. The van der Waals surface area contributed by atoms with Gasteiger partial charge >= 0.3 is 0 Å². The second-order valence-electron chi connectivity index (χ2n) is 13.4. The predicted molar refractivity (Wildman–Crippen MR) is 138 cm³/mol. The average molecular weight is 443 g/mol. The molecule has 0 N–H and O–H groups in total. The largest absolute Gasteiger partial charge is 0.378 e. The van der Waals surface area contributed by atoms with Crippen molar-refractivity contribution in [3.8, 4) is 0 Å². The van der Waals surface area contributed by atoms with E-state index in [-0.39, 0.29) is 0 Å². The molecule has 0 aromatic heterocycles. The number of ether oxygens (including phenoxy) is 1. The summed E-state index contributed by atoms with van der Waals surface area (Å²) in [6.07, 6.45) is 21.2. The third-order valence-electron chi connectivity index (χ3n) is 11.1. The molecule has 0 saturated heterocycles. The van der Waals surface area contributed by atoms with Gasteiger partial charge in [-0.25, -0.2) is 0 Å². The molecule has 0 heterocycles. The van der Waals surface area contributed by atoms with Gasteiger partial charge in [-0.15, -0.1) is 0 Å². The first-order valence-electron chi connectivity index (χ1n) is 14.6. The zero-order valence-corrected chi connectivity index (χ0v) is 22.4. The van der Waals surface area contributed by atoms with Crippen molar-refractivity contribution in [1.29, 1.82) is 0 Å². The lowest BCUT2D eigenvalue weighted by atomic mass is 9.47. The molecule has 0 bridgehead atoms. The highest BCUT2D eigenvalue weighted by Crippen LogP contribution is 2.67. The quantitative estimate of drug-likeness (QED) is 0.255. The first-order valence-corrected chi connectivity index (χ1v) is 14.6. The number of allylic oxidation sites excluding steroid dienone is 1. The molecule has 4 aliphatic rings. The van der Waals surface area contributed by atoms with Crippen LogP contribution in [0.15, 0.2) is 11.6 Å². The number of fused-ring (bicyclic) bond motifs is 5. The number of rotatable bonds is 9. The number of hydrogen-bond donors (Lipinski definition) is 0. The molecule has 1 heteroatoms. The highest BCUT2D eigenvalue weighted by atomic mass is 16.5. The molecular formula is C31H54O. The van der Waals surface area contributed by atoms with E-state index in [4.69, 9.17) is 4.74 Å². The van der Waals surface area contributed by atoms with Gasteiger partial charge in [0.05, 0.1) is 6.10 Å². The van der Waals surface area contributed by atoms with Crippen LogP contribution in [-0.4, -0.2) is 12.7 Å². The Balaban J connectivity index is 1.42. The van der Waals surface area contributed by atoms with Crippen LogP contribution in [0.4, 0.5) is 0 Å². The lowest BCUT2D eigenvalue weighted by molar-refractivity contribution is -0.0640. The monoisotopic (exact) mass is 442 g/mol. The van der Waals surface area contributed by atoms with Crippen LogP contribution in [0, 0.1) is 46.3 Å². The first kappa shape index (κ1) is 24.8. The maximum absolute atomic E-state index is 6.29. The van der Waals surface area contributed by atoms with Crippen molar-refractivity contribution in [2.75, 3.05) is 6.61 Å². The van der Waals surface area contributed by atoms with Gasteiger partial charge in [-0.3, -0.25) is 0 Å². The van der Waals surface area contributed by atoms with E-state index in [9.17, 15) is 0 Å². The Morgan fingerprint density at radius 1 is 0.969 bits per heavy atom. The Hall–Kier alpha value is -0.300. The summed E-state index contributed by atoms with van der Waals surface area (Å²) in [5.41, 5.74) is 2.86. The van der Waals surface area contributed by atoms with Gasteiger partial charge in [-0.05, 0) is 104 Å². The second kappa shape index (κ2) is 10.1. The van der Waals surface area contributed by atoms with Crippen LogP contribution in [0.1, 0.15) is 125 Å². The maximum atomic E-state index is 6.29. The van der Waals surface area contributed by atoms with Gasteiger partial charge in [0.15, 0.2) is 0 Å². The van der Waals surface area contributed by atoms with E-state index < -0.39 is 0 Å². The fourth-order valence-corrected chi connectivity index (χ4v) is 9.19. The van der Waals surface area contributed by atoms with Crippen molar-refractivity contribution in [3.05, 3.63) is 11.6 Å². The van der Waals surface area contributed by atoms with Gasteiger partial charge in [-0.2, -0.15) is 0 Å². The standard InChI is InChI=1S/C31H54O/c1-7-8-20-32-25-16-18-30(5)24(21-25)12-13-26-28-15-14-27(23(4)11-9-10-22(2)3)31(28,6)19-17-29(26)30/h12,22-23,25-29H,7-11,13-21H2,1-6H3/t23-,25-,26+,27-,28+,29+,30+,31-/m1/s1. The second-order valence-corrected chi connectivity index (χ2v) is 13.4. The van der Waals surface area contributed by atoms with Gasteiger partial charge in [0, 0.05) is 6.61 Å². The molecule has 3 fully saturated rings. The topological polar surface area (TPSA) is 9.23 Å². The van der Waals surface area contributed by atoms with E-state index >= 15 is 0 Å². The molecule has 0 unspecified atom stereocenters. The predicted octanol–water partition coefficient (Wildman–Crippen LogP) is 9.21. The summed E-state index contributed by atoms with van der Waals surface area (Å²) in [4.78, 5) is 0. The van der Waals surface area contributed by atoms with Crippen molar-refractivity contribution in [3.63, 3.8) is 0 Å². The summed E-state index contributed by atoms with van der Waals surface area (Å²) in [6.45, 7) is 16.0. The minimum atomic E-state index is 0.468. The molecule has 4 rings (SSSR count). The van der Waals surface area contributed by atoms with E-state index in [1.807, 2.05) is 0 Å². The van der Waals surface area contributed by atoms with Crippen LogP contribution in [0.5, 0.6) is 0 Å². The van der Waals surface area contributed by atoms with Crippen LogP contribution >= 0.6 is 0 Å². The Labute approximate surface area is 200 Å². The summed E-state index contributed by atoms with van der Waals surface area (Å²) < 4.78 is 6.29. The zero-order chi connectivity index (χ0) is 22.9. The molecule has 0 spiro atoms. The SMILES string of the molecule is CCCCO[C@@H]1CC[C@@]2(C)C(=CC[C@H]3[C@@H]4CC[C@H]([C@H](C)CCCC(C)C)[C@@]4(C)CC[C@@H]32)C1. The molecule has 0 amide bonds. The normalized spacial score (nSPS) is 42.2. The molecule has 0 aliphatic heterocycles. The molecule has 8 atom stereocenters. The van der Waals surface area contributed by atoms with E-state index in [0.29, 0.717) is 16.9 Å². The van der Waals surface area contributed by atoms with E-state index in [2.05, 4.69) is 47.6 Å². The van der Waals surface area contributed by atoms with Gasteiger partial charge < -0.3 is 4.74 Å². The van der Waals surface area contributed by atoms with Gasteiger partial charge in [0.25, 0.3) is 0 Å². The van der Waals surface area contributed by atoms with E-state index in [1.54, 1.807) is 5.57 Å². The Morgan fingerprint density at radius 3 is 2.53 bits per heavy atom. The lowest BCUT2D eigenvalue weighted by Crippen LogP contribution is -2.51. The van der Waals surface area contributed by atoms with Crippen LogP contribution < -0.4 is 0 Å². The molecule has 0 aromatic carbocycles. The minimum absolute atomic E-state index is 0.468. The first-order chi connectivity index (χ1) is 15.3. The molecular weight excluding hydrogens is 388 g/mol. The number of unbranched alkanes of at least 4 members (excludes halogenated alkanes) is 1. The van der Waals surface area contributed by atoms with Crippen LogP contribution in [0.3, 0.4) is 0 Å².